The monoisotopic (exact) mass is 361 g/mol. The molecule has 2 aliphatic heterocycles. The van der Waals surface area contributed by atoms with Crippen LogP contribution in [0.3, 0.4) is 0 Å². The van der Waals surface area contributed by atoms with Crippen molar-refractivity contribution in [2.45, 2.75) is 82.6 Å². The second-order valence-electron chi connectivity index (χ2n) is 9.31. The molecule has 0 aromatic carbocycles. The summed E-state index contributed by atoms with van der Waals surface area (Å²) in [5, 5.41) is 3.97. The third-order valence-electron chi connectivity index (χ3n) is 5.23. The third-order valence-corrected chi connectivity index (χ3v) is 9.85. The summed E-state index contributed by atoms with van der Waals surface area (Å²) in [6.07, 6.45) is 5.94. The lowest BCUT2D eigenvalue weighted by atomic mass is 9.88. The molecule has 0 bridgehead atoms. The molecule has 1 N–H and O–H groups in total. The molecule has 2 heterocycles. The number of thioether (sulfide) groups is 1. The summed E-state index contributed by atoms with van der Waals surface area (Å²) >= 11 is 2.00. The van der Waals surface area contributed by atoms with Gasteiger partial charge in [0.25, 0.3) is 7.94 Å². The standard InChI is InChI=1S/C17H32NO3PS/c1-15(2,3)14-18-13(17(23-14)9-7-6-8-10-17)22(19)20-11-16(4,5)12-21-22/h13-14,18H,6-12H2,1-5H3/t13-,14+/m1/s1. The topological polar surface area (TPSA) is 53.5 Å². The van der Waals surface area contributed by atoms with E-state index in [1.54, 1.807) is 0 Å². The molecule has 6 heteroatoms. The summed E-state index contributed by atoms with van der Waals surface area (Å²) in [6.45, 7) is 12.0. The second kappa shape index (κ2) is 6.10. The molecule has 1 spiro atoms. The minimum absolute atomic E-state index is 0.00715. The van der Waals surface area contributed by atoms with E-state index >= 15 is 0 Å². The van der Waals surface area contributed by atoms with E-state index in [4.69, 9.17) is 9.05 Å². The van der Waals surface area contributed by atoms with Crippen LogP contribution in [0.4, 0.5) is 0 Å². The van der Waals surface area contributed by atoms with Crippen LogP contribution in [0, 0.1) is 10.8 Å². The van der Waals surface area contributed by atoms with Crippen LogP contribution in [-0.4, -0.2) is 29.1 Å². The molecule has 0 radical (unpaired) electrons. The maximum absolute atomic E-state index is 13.5. The van der Waals surface area contributed by atoms with E-state index in [9.17, 15) is 4.89 Å². The fourth-order valence-corrected chi connectivity index (χ4v) is 8.75. The van der Waals surface area contributed by atoms with E-state index in [0.717, 1.165) is 12.8 Å². The van der Waals surface area contributed by atoms with Crippen LogP contribution in [0.5, 0.6) is 0 Å². The Morgan fingerprint density at radius 2 is 1.65 bits per heavy atom. The van der Waals surface area contributed by atoms with Gasteiger partial charge in [0.15, 0.2) is 5.78 Å². The molecule has 3 aliphatic rings. The Morgan fingerprint density at radius 3 is 2.17 bits per heavy atom. The highest BCUT2D eigenvalue weighted by Gasteiger charge is 2.63. The molecule has 0 amide bonds. The van der Waals surface area contributed by atoms with Gasteiger partial charge in [0.1, 0.15) is 13.2 Å². The van der Waals surface area contributed by atoms with Crippen molar-refractivity contribution in [1.82, 2.24) is 5.32 Å². The Balaban J connectivity index is 1.85. The molecule has 3 rings (SSSR count). The van der Waals surface area contributed by atoms with Gasteiger partial charge >= 0.3 is 0 Å². The minimum atomic E-state index is -3.11. The first kappa shape index (κ1) is 18.4. The molecule has 134 valence electrons. The quantitative estimate of drug-likeness (QED) is 0.718. The predicted molar refractivity (Wildman–Crippen MR) is 96.2 cm³/mol. The molecule has 3 fully saturated rings. The molecule has 1 aliphatic carbocycles. The first-order valence-electron chi connectivity index (χ1n) is 8.89. The van der Waals surface area contributed by atoms with Crippen LogP contribution >= 0.6 is 19.7 Å². The zero-order valence-electron chi connectivity index (χ0n) is 15.2. The Kier molecular flexibility index (Phi) is 4.89. The van der Waals surface area contributed by atoms with Gasteiger partial charge in [-0.25, -0.2) is 9.05 Å². The van der Waals surface area contributed by atoms with E-state index in [2.05, 4.69) is 39.9 Å². The van der Waals surface area contributed by atoms with Crippen molar-refractivity contribution in [2.75, 3.05) is 13.2 Å². The van der Waals surface area contributed by atoms with Crippen molar-refractivity contribution in [2.24, 2.45) is 10.8 Å². The largest absolute Gasteiger partial charge is 0.630 e. The molecule has 4 nitrogen and oxygen atoms in total. The fourth-order valence-electron chi connectivity index (χ4n) is 3.73. The van der Waals surface area contributed by atoms with Crippen LogP contribution in [0.25, 0.3) is 0 Å². The molecule has 0 unspecified atom stereocenters. The average Bonchev–Trinajstić information content (AvgIpc) is 2.83. The van der Waals surface area contributed by atoms with Crippen LogP contribution in [0.15, 0.2) is 0 Å². The van der Waals surface area contributed by atoms with E-state index < -0.39 is 7.94 Å². The third kappa shape index (κ3) is 3.61. The van der Waals surface area contributed by atoms with E-state index in [1.165, 1.54) is 19.3 Å². The van der Waals surface area contributed by atoms with Gasteiger partial charge in [-0.05, 0) is 18.3 Å². The highest BCUT2D eigenvalue weighted by atomic mass is 32.2. The lowest BCUT2D eigenvalue weighted by Gasteiger charge is -2.46. The second-order valence-corrected chi connectivity index (χ2v) is 12.9. The van der Waals surface area contributed by atoms with Crippen molar-refractivity contribution in [3.8, 4) is 0 Å². The normalized spacial score (nSPS) is 36.3. The zero-order valence-corrected chi connectivity index (χ0v) is 16.9. The van der Waals surface area contributed by atoms with Gasteiger partial charge < -0.3 is 4.89 Å². The summed E-state index contributed by atoms with van der Waals surface area (Å²) in [7, 11) is -3.11. The summed E-state index contributed by atoms with van der Waals surface area (Å²) in [4.78, 5) is 13.5. The molecule has 2 saturated heterocycles. The molecule has 1 saturated carbocycles. The van der Waals surface area contributed by atoms with Crippen LogP contribution in [0.2, 0.25) is 0 Å². The summed E-state index contributed by atoms with van der Waals surface area (Å²) in [6, 6.07) is 0. The maximum Gasteiger partial charge on any atom is 0.256 e. The number of hydrogen-bond acceptors (Lipinski definition) is 5. The van der Waals surface area contributed by atoms with Gasteiger partial charge in [-0.15, -0.1) is 11.8 Å². The van der Waals surface area contributed by atoms with Gasteiger partial charge in [0, 0.05) is 5.41 Å². The van der Waals surface area contributed by atoms with Crippen LogP contribution in [0.1, 0.15) is 66.7 Å². The summed E-state index contributed by atoms with van der Waals surface area (Å²) in [5.74, 6) is -0.166. The summed E-state index contributed by atoms with van der Waals surface area (Å²) < 4.78 is 11.8. The van der Waals surface area contributed by atoms with Crippen molar-refractivity contribution < 1.29 is 13.9 Å². The molecular weight excluding hydrogens is 329 g/mol. The van der Waals surface area contributed by atoms with Gasteiger partial charge in [0.05, 0.1) is 10.1 Å². The molecule has 2 atom stereocenters. The molecule has 0 aromatic heterocycles. The smallest absolute Gasteiger partial charge is 0.256 e. The molecule has 23 heavy (non-hydrogen) atoms. The van der Waals surface area contributed by atoms with Crippen LogP contribution in [-0.2, 0) is 9.05 Å². The zero-order chi connectivity index (χ0) is 16.9. The Bertz CT molecular complexity index is 436. The lowest BCUT2D eigenvalue weighted by Crippen LogP contribution is -2.52. The van der Waals surface area contributed by atoms with Crippen molar-refractivity contribution >= 4 is 19.7 Å². The first-order valence-corrected chi connectivity index (χ1v) is 11.4. The average molecular weight is 361 g/mol. The SMILES string of the molecule is CC1(C)CO[P+]([O-])([C@H]2N[C@H](C(C)(C)C)SC23CCCCC3)OC1. The maximum atomic E-state index is 13.5. The van der Waals surface area contributed by atoms with E-state index in [1.807, 2.05) is 11.8 Å². The van der Waals surface area contributed by atoms with Crippen molar-refractivity contribution in [1.29, 1.82) is 0 Å². The summed E-state index contributed by atoms with van der Waals surface area (Å²) in [5.41, 5.74) is 0.0703. The van der Waals surface area contributed by atoms with Gasteiger partial charge in [-0.1, -0.05) is 53.9 Å². The Hall–Kier alpha value is 0.620. The van der Waals surface area contributed by atoms with Gasteiger partial charge in [0.2, 0.25) is 0 Å². The Morgan fingerprint density at radius 1 is 1.09 bits per heavy atom. The highest BCUT2D eigenvalue weighted by Crippen LogP contribution is 2.69. The van der Waals surface area contributed by atoms with E-state index in [0.29, 0.717) is 18.6 Å². The highest BCUT2D eigenvalue weighted by molar-refractivity contribution is 8.02. The van der Waals surface area contributed by atoms with Gasteiger partial charge in [-0.3, -0.25) is 5.32 Å². The first-order chi connectivity index (χ1) is 10.6. The molecule has 0 aromatic rings. The van der Waals surface area contributed by atoms with E-state index in [-0.39, 0.29) is 21.4 Å². The number of rotatable bonds is 1. The van der Waals surface area contributed by atoms with Crippen molar-refractivity contribution in [3.63, 3.8) is 0 Å². The lowest BCUT2D eigenvalue weighted by molar-refractivity contribution is -0.238. The van der Waals surface area contributed by atoms with Crippen molar-refractivity contribution in [3.05, 3.63) is 0 Å². The Labute approximate surface area is 146 Å². The fraction of sp³-hybridized carbons (Fsp3) is 1.00. The van der Waals surface area contributed by atoms with Gasteiger partial charge in [-0.2, -0.15) is 0 Å². The minimum Gasteiger partial charge on any atom is -0.630 e. The molecular formula is C17H32NO3PS. The number of nitrogens with one attached hydrogen (secondary N) is 1. The number of hydrogen-bond donors (Lipinski definition) is 1. The van der Waals surface area contributed by atoms with Crippen LogP contribution < -0.4 is 10.2 Å². The predicted octanol–water partition coefficient (Wildman–Crippen LogP) is 3.92.